The fourth-order valence-corrected chi connectivity index (χ4v) is 2.99. The second kappa shape index (κ2) is 7.13. The van der Waals surface area contributed by atoms with Crippen molar-refractivity contribution in [1.82, 2.24) is 9.80 Å². The van der Waals surface area contributed by atoms with E-state index < -0.39 is 0 Å². The standard InChI is InChI=1S/C18H24N2O3/c1-14(17(21)16-7-8-16)19-9-11-20(12-10-19)18(22)23-13-15-5-3-2-4-6-15/h2-6,14,16H,7-13H2,1H3/t14-/m1/s1. The summed E-state index contributed by atoms with van der Waals surface area (Å²) in [5.41, 5.74) is 0.989. The molecule has 5 heteroatoms. The van der Waals surface area contributed by atoms with Gasteiger partial charge in [0.15, 0.2) is 5.78 Å². The van der Waals surface area contributed by atoms with E-state index in [0.29, 0.717) is 31.4 Å². The number of hydrogen-bond acceptors (Lipinski definition) is 4. The first-order chi connectivity index (χ1) is 11.1. The molecule has 2 fully saturated rings. The maximum absolute atomic E-state index is 12.1. The van der Waals surface area contributed by atoms with Crippen LogP contribution in [0.25, 0.3) is 0 Å². The molecule has 1 atom stereocenters. The summed E-state index contributed by atoms with van der Waals surface area (Å²) in [6.45, 7) is 5.01. The molecule has 1 heterocycles. The second-order valence-electron chi connectivity index (χ2n) is 6.42. The van der Waals surface area contributed by atoms with Gasteiger partial charge < -0.3 is 9.64 Å². The van der Waals surface area contributed by atoms with Crippen molar-refractivity contribution in [2.24, 2.45) is 5.92 Å². The van der Waals surface area contributed by atoms with Crippen LogP contribution in [0.2, 0.25) is 0 Å². The Bertz CT molecular complexity index is 549. The van der Waals surface area contributed by atoms with Gasteiger partial charge in [-0.1, -0.05) is 30.3 Å². The number of carbonyl (C=O) groups is 2. The van der Waals surface area contributed by atoms with E-state index in [-0.39, 0.29) is 12.1 Å². The number of Topliss-reactive ketones (excluding diaryl/α,β-unsaturated/α-hetero) is 1. The SMILES string of the molecule is C[C@H](C(=O)C1CC1)N1CCN(C(=O)OCc2ccccc2)CC1. The maximum Gasteiger partial charge on any atom is 0.410 e. The lowest BCUT2D eigenvalue weighted by Gasteiger charge is -2.37. The minimum atomic E-state index is -0.269. The number of rotatable bonds is 5. The topological polar surface area (TPSA) is 49.9 Å². The second-order valence-corrected chi connectivity index (χ2v) is 6.42. The van der Waals surface area contributed by atoms with E-state index in [2.05, 4.69) is 4.90 Å². The molecule has 0 spiro atoms. The number of piperazine rings is 1. The zero-order valence-electron chi connectivity index (χ0n) is 13.6. The minimum Gasteiger partial charge on any atom is -0.445 e. The fraction of sp³-hybridized carbons (Fsp3) is 0.556. The van der Waals surface area contributed by atoms with Crippen molar-refractivity contribution in [2.75, 3.05) is 26.2 Å². The first kappa shape index (κ1) is 16.0. The number of ether oxygens (including phenoxy) is 1. The summed E-state index contributed by atoms with van der Waals surface area (Å²) < 4.78 is 5.36. The van der Waals surface area contributed by atoms with Crippen LogP contribution in [-0.2, 0) is 16.1 Å². The number of ketones is 1. The molecule has 1 aliphatic carbocycles. The normalized spacial score (nSPS) is 20.1. The molecular formula is C18H24N2O3. The average molecular weight is 316 g/mol. The summed E-state index contributed by atoms with van der Waals surface area (Å²) in [7, 11) is 0. The number of amides is 1. The molecule has 0 aromatic heterocycles. The molecule has 124 valence electrons. The van der Waals surface area contributed by atoms with E-state index in [1.165, 1.54) is 0 Å². The van der Waals surface area contributed by atoms with Crippen molar-refractivity contribution in [2.45, 2.75) is 32.4 Å². The smallest absolute Gasteiger partial charge is 0.410 e. The Balaban J connectivity index is 1.43. The third-order valence-corrected chi connectivity index (χ3v) is 4.72. The number of hydrogen-bond donors (Lipinski definition) is 0. The van der Waals surface area contributed by atoms with Gasteiger partial charge in [-0.3, -0.25) is 9.69 Å². The highest BCUT2D eigenvalue weighted by atomic mass is 16.6. The van der Waals surface area contributed by atoms with Crippen LogP contribution in [-0.4, -0.2) is 53.9 Å². The average Bonchev–Trinajstić information content (AvgIpc) is 3.44. The molecule has 1 aromatic carbocycles. The van der Waals surface area contributed by atoms with Gasteiger partial charge >= 0.3 is 6.09 Å². The van der Waals surface area contributed by atoms with Crippen LogP contribution in [0, 0.1) is 5.92 Å². The van der Waals surface area contributed by atoms with Crippen molar-refractivity contribution in [3.8, 4) is 0 Å². The Morgan fingerprint density at radius 3 is 2.39 bits per heavy atom. The summed E-state index contributed by atoms with van der Waals surface area (Å²) in [6, 6.07) is 9.66. The summed E-state index contributed by atoms with van der Waals surface area (Å²) in [6.07, 6.45) is 1.83. The number of carbonyl (C=O) groups excluding carboxylic acids is 2. The Labute approximate surface area is 137 Å². The first-order valence-electron chi connectivity index (χ1n) is 8.38. The van der Waals surface area contributed by atoms with E-state index in [1.54, 1.807) is 4.90 Å². The first-order valence-corrected chi connectivity index (χ1v) is 8.38. The molecule has 0 radical (unpaired) electrons. The zero-order chi connectivity index (χ0) is 16.2. The Morgan fingerprint density at radius 2 is 1.78 bits per heavy atom. The van der Waals surface area contributed by atoms with Gasteiger partial charge in [0, 0.05) is 32.1 Å². The van der Waals surface area contributed by atoms with Crippen LogP contribution in [0.5, 0.6) is 0 Å². The molecule has 0 unspecified atom stereocenters. The quantitative estimate of drug-likeness (QED) is 0.836. The Morgan fingerprint density at radius 1 is 1.13 bits per heavy atom. The van der Waals surface area contributed by atoms with Crippen LogP contribution < -0.4 is 0 Å². The predicted molar refractivity (Wildman–Crippen MR) is 87.0 cm³/mol. The molecule has 0 N–H and O–H groups in total. The summed E-state index contributed by atoms with van der Waals surface area (Å²) in [5.74, 6) is 0.656. The van der Waals surface area contributed by atoms with E-state index >= 15 is 0 Å². The lowest BCUT2D eigenvalue weighted by Crippen LogP contribution is -2.53. The van der Waals surface area contributed by atoms with Crippen molar-refractivity contribution in [3.63, 3.8) is 0 Å². The molecule has 3 rings (SSSR count). The Hall–Kier alpha value is -1.88. The van der Waals surface area contributed by atoms with Crippen LogP contribution in [0.1, 0.15) is 25.3 Å². The highest BCUT2D eigenvalue weighted by Crippen LogP contribution is 2.32. The summed E-state index contributed by atoms with van der Waals surface area (Å²) in [5, 5.41) is 0. The van der Waals surface area contributed by atoms with Crippen molar-refractivity contribution in [1.29, 1.82) is 0 Å². The third kappa shape index (κ3) is 4.10. The lowest BCUT2D eigenvalue weighted by atomic mass is 10.1. The molecule has 2 aliphatic rings. The van der Waals surface area contributed by atoms with E-state index in [1.807, 2.05) is 37.3 Å². The van der Waals surface area contributed by atoms with Crippen LogP contribution in [0.3, 0.4) is 0 Å². The highest BCUT2D eigenvalue weighted by molar-refractivity contribution is 5.87. The van der Waals surface area contributed by atoms with Gasteiger partial charge in [-0.15, -0.1) is 0 Å². The maximum atomic E-state index is 12.1. The van der Waals surface area contributed by atoms with Gasteiger partial charge in [-0.05, 0) is 25.3 Å². The molecule has 1 aliphatic heterocycles. The molecule has 0 bridgehead atoms. The van der Waals surface area contributed by atoms with Crippen molar-refractivity contribution < 1.29 is 14.3 Å². The van der Waals surface area contributed by atoms with E-state index in [0.717, 1.165) is 31.5 Å². The van der Waals surface area contributed by atoms with Crippen LogP contribution in [0.15, 0.2) is 30.3 Å². The number of nitrogens with zero attached hydrogens (tertiary/aromatic N) is 2. The van der Waals surface area contributed by atoms with Gasteiger partial charge in [0.05, 0.1) is 6.04 Å². The molecule has 5 nitrogen and oxygen atoms in total. The predicted octanol–water partition coefficient (Wildman–Crippen LogP) is 2.31. The molecule has 1 saturated carbocycles. The highest BCUT2D eigenvalue weighted by Gasteiger charge is 2.36. The van der Waals surface area contributed by atoms with Gasteiger partial charge in [0.1, 0.15) is 6.61 Å². The van der Waals surface area contributed by atoms with Crippen LogP contribution >= 0.6 is 0 Å². The molecule has 1 aromatic rings. The Kier molecular flexibility index (Phi) is 4.96. The minimum absolute atomic E-state index is 0.0232. The van der Waals surface area contributed by atoms with Gasteiger partial charge in [-0.25, -0.2) is 4.79 Å². The van der Waals surface area contributed by atoms with Gasteiger partial charge in [0.2, 0.25) is 0 Å². The van der Waals surface area contributed by atoms with E-state index in [9.17, 15) is 9.59 Å². The third-order valence-electron chi connectivity index (χ3n) is 4.72. The van der Waals surface area contributed by atoms with Crippen LogP contribution in [0.4, 0.5) is 4.79 Å². The van der Waals surface area contributed by atoms with Gasteiger partial charge in [-0.2, -0.15) is 0 Å². The molecule has 1 saturated heterocycles. The van der Waals surface area contributed by atoms with Gasteiger partial charge in [0.25, 0.3) is 0 Å². The molecule has 1 amide bonds. The summed E-state index contributed by atoms with van der Waals surface area (Å²) >= 11 is 0. The zero-order valence-corrected chi connectivity index (χ0v) is 13.6. The fourth-order valence-electron chi connectivity index (χ4n) is 2.99. The van der Waals surface area contributed by atoms with Crippen molar-refractivity contribution in [3.05, 3.63) is 35.9 Å². The monoisotopic (exact) mass is 316 g/mol. The largest absolute Gasteiger partial charge is 0.445 e. The molecule has 23 heavy (non-hydrogen) atoms. The lowest BCUT2D eigenvalue weighted by molar-refractivity contribution is -0.125. The molecular weight excluding hydrogens is 292 g/mol. The number of benzene rings is 1. The van der Waals surface area contributed by atoms with E-state index in [4.69, 9.17) is 4.74 Å². The summed E-state index contributed by atoms with van der Waals surface area (Å²) in [4.78, 5) is 28.2. The van der Waals surface area contributed by atoms with Crippen molar-refractivity contribution >= 4 is 11.9 Å².